The first-order chi connectivity index (χ1) is 16.6. The number of phenolic OH excluding ortho intramolecular Hbond substituents is 3. The van der Waals surface area contributed by atoms with Gasteiger partial charge in [0.25, 0.3) is 0 Å². The van der Waals surface area contributed by atoms with Crippen LogP contribution >= 0.6 is 0 Å². The van der Waals surface area contributed by atoms with E-state index in [1.54, 1.807) is 0 Å². The third kappa shape index (κ3) is 4.05. The molecule has 8 N–H and O–H groups in total. The zero-order chi connectivity index (χ0) is 25.6. The number of ether oxygens (including phenoxy) is 3. The molecule has 0 bridgehead atoms. The summed E-state index contributed by atoms with van der Waals surface area (Å²) in [5.74, 6) is -3.84. The summed E-state index contributed by atoms with van der Waals surface area (Å²) in [5, 5.41) is 79.6. The van der Waals surface area contributed by atoms with Crippen LogP contribution in [0.1, 0.15) is 0 Å². The molecule has 1 aromatic heterocycles. The number of methoxy groups -OCH3 is 1. The van der Waals surface area contributed by atoms with E-state index in [1.807, 2.05) is 0 Å². The number of hydrogen-bond acceptors (Lipinski definition) is 13. The second-order valence-corrected chi connectivity index (χ2v) is 7.76. The lowest BCUT2D eigenvalue weighted by Crippen LogP contribution is -2.60. The topological polar surface area (TPSA) is 220 Å². The largest absolute Gasteiger partial charge is 0.504 e. The first kappa shape index (κ1) is 24.4. The molecular formula is C22H22O13. The van der Waals surface area contributed by atoms with Gasteiger partial charge in [-0.1, -0.05) is 0 Å². The van der Waals surface area contributed by atoms with Crippen LogP contribution in [0.25, 0.3) is 22.3 Å². The Morgan fingerprint density at radius 1 is 0.914 bits per heavy atom. The molecule has 5 atom stereocenters. The van der Waals surface area contributed by atoms with E-state index >= 15 is 0 Å². The van der Waals surface area contributed by atoms with Gasteiger partial charge < -0.3 is 59.5 Å². The summed E-state index contributed by atoms with van der Waals surface area (Å²) in [4.78, 5) is 13.2. The Morgan fingerprint density at radius 2 is 1.63 bits per heavy atom. The van der Waals surface area contributed by atoms with Crippen molar-refractivity contribution in [3.05, 3.63) is 34.5 Å². The predicted molar refractivity (Wildman–Crippen MR) is 116 cm³/mol. The van der Waals surface area contributed by atoms with Crippen molar-refractivity contribution in [3.8, 4) is 45.8 Å². The quantitative estimate of drug-likeness (QED) is 0.209. The van der Waals surface area contributed by atoms with Gasteiger partial charge in [-0.15, -0.1) is 0 Å². The van der Waals surface area contributed by atoms with Crippen molar-refractivity contribution in [1.29, 1.82) is 0 Å². The van der Waals surface area contributed by atoms with Crippen LogP contribution in [0.15, 0.2) is 33.5 Å². The molecule has 13 nitrogen and oxygen atoms in total. The Kier molecular flexibility index (Phi) is 6.36. The molecule has 0 radical (unpaired) electrons. The molecule has 0 amide bonds. The van der Waals surface area contributed by atoms with Crippen molar-refractivity contribution >= 4 is 11.0 Å². The van der Waals surface area contributed by atoms with Crippen LogP contribution in [0.2, 0.25) is 0 Å². The maximum absolute atomic E-state index is 13.2. The fourth-order valence-corrected chi connectivity index (χ4v) is 3.73. The molecule has 3 aromatic rings. The molecule has 13 heteroatoms. The molecule has 0 spiro atoms. The standard InChI is InChI=1S/C22H22O13/c1-32-20-10(26)5-11-13(21(20)35-22-18(31)16(29)14(27)12(6-23)34-22)15(28)17(30)19(33-11)7-2-3-8(24)9(25)4-7/h2-5,12,14,16,18,22-27,29-31H,6H2,1H3/t12?,14-,16+,18?,22+/m1/s1. The Bertz CT molecular complexity index is 1320. The van der Waals surface area contributed by atoms with Gasteiger partial charge in [-0.25, -0.2) is 0 Å². The van der Waals surface area contributed by atoms with Crippen molar-refractivity contribution in [1.82, 2.24) is 0 Å². The smallest absolute Gasteiger partial charge is 0.238 e. The summed E-state index contributed by atoms with van der Waals surface area (Å²) >= 11 is 0. The number of phenols is 3. The van der Waals surface area contributed by atoms with Gasteiger partial charge in [0, 0.05) is 11.6 Å². The number of benzene rings is 2. The van der Waals surface area contributed by atoms with Gasteiger partial charge in [0.05, 0.1) is 13.7 Å². The van der Waals surface area contributed by atoms with Crippen LogP contribution < -0.4 is 14.9 Å². The summed E-state index contributed by atoms with van der Waals surface area (Å²) in [6.07, 6.45) is -8.39. The number of fused-ring (bicyclic) bond motifs is 1. The van der Waals surface area contributed by atoms with E-state index in [0.717, 1.165) is 25.3 Å². The normalized spacial score (nSPS) is 24.4. The van der Waals surface area contributed by atoms with Gasteiger partial charge in [0.1, 0.15) is 35.4 Å². The van der Waals surface area contributed by atoms with Gasteiger partial charge in [-0.2, -0.15) is 0 Å². The Balaban J connectivity index is 1.89. The van der Waals surface area contributed by atoms with Gasteiger partial charge in [-0.3, -0.25) is 4.79 Å². The molecule has 35 heavy (non-hydrogen) atoms. The summed E-state index contributed by atoms with van der Waals surface area (Å²) in [7, 11) is 1.14. The van der Waals surface area contributed by atoms with Crippen molar-refractivity contribution in [2.24, 2.45) is 0 Å². The molecule has 1 saturated heterocycles. The number of aliphatic hydroxyl groups excluding tert-OH is 4. The Labute approximate surface area is 195 Å². The molecule has 1 aliphatic heterocycles. The van der Waals surface area contributed by atoms with E-state index < -0.39 is 88.4 Å². The van der Waals surface area contributed by atoms with Crippen LogP contribution in [0.5, 0.6) is 34.5 Å². The van der Waals surface area contributed by atoms with Crippen molar-refractivity contribution < 1.29 is 59.5 Å². The van der Waals surface area contributed by atoms with Crippen LogP contribution in [0.4, 0.5) is 0 Å². The molecule has 0 saturated carbocycles. The second-order valence-electron chi connectivity index (χ2n) is 7.76. The highest BCUT2D eigenvalue weighted by molar-refractivity contribution is 5.91. The molecule has 1 fully saturated rings. The minimum Gasteiger partial charge on any atom is -0.504 e. The average molecular weight is 494 g/mol. The first-order valence-electron chi connectivity index (χ1n) is 10.2. The fourth-order valence-electron chi connectivity index (χ4n) is 3.73. The van der Waals surface area contributed by atoms with E-state index in [-0.39, 0.29) is 11.1 Å². The predicted octanol–water partition coefficient (Wildman–Crippen LogP) is -0.530. The number of hydrogen-bond donors (Lipinski definition) is 8. The number of aromatic hydroxyl groups is 4. The number of aliphatic hydroxyl groups is 4. The summed E-state index contributed by atoms with van der Waals surface area (Å²) in [6.45, 7) is -0.742. The lowest BCUT2D eigenvalue weighted by molar-refractivity contribution is -0.277. The van der Waals surface area contributed by atoms with Gasteiger partial charge in [0.2, 0.25) is 23.2 Å². The maximum Gasteiger partial charge on any atom is 0.238 e. The third-order valence-electron chi connectivity index (χ3n) is 5.57. The molecule has 2 heterocycles. The lowest BCUT2D eigenvalue weighted by Gasteiger charge is -2.39. The fraction of sp³-hybridized carbons (Fsp3) is 0.318. The van der Waals surface area contributed by atoms with Crippen molar-refractivity contribution in [2.45, 2.75) is 30.7 Å². The maximum atomic E-state index is 13.2. The first-order valence-corrected chi connectivity index (χ1v) is 10.2. The third-order valence-corrected chi connectivity index (χ3v) is 5.57. The minimum absolute atomic E-state index is 0.0171. The van der Waals surface area contributed by atoms with Gasteiger partial charge in [0.15, 0.2) is 28.8 Å². The average Bonchev–Trinajstić information content (AvgIpc) is 2.83. The number of rotatable bonds is 5. The van der Waals surface area contributed by atoms with E-state index in [0.29, 0.717) is 0 Å². The molecule has 188 valence electrons. The molecular weight excluding hydrogens is 472 g/mol. The molecule has 2 aromatic carbocycles. The molecule has 2 unspecified atom stereocenters. The highest BCUT2D eigenvalue weighted by Gasteiger charge is 2.45. The highest BCUT2D eigenvalue weighted by atomic mass is 16.7. The van der Waals surface area contributed by atoms with E-state index in [4.69, 9.17) is 18.6 Å². The van der Waals surface area contributed by atoms with Crippen molar-refractivity contribution in [3.63, 3.8) is 0 Å². The zero-order valence-electron chi connectivity index (χ0n) is 18.0. The minimum atomic E-state index is -1.85. The Hall–Kier alpha value is -3.75. The highest BCUT2D eigenvalue weighted by Crippen LogP contribution is 2.45. The second kappa shape index (κ2) is 9.13. The van der Waals surface area contributed by atoms with Gasteiger partial charge >= 0.3 is 0 Å². The van der Waals surface area contributed by atoms with Crippen LogP contribution in [0.3, 0.4) is 0 Å². The molecule has 0 aliphatic carbocycles. The zero-order valence-corrected chi connectivity index (χ0v) is 18.0. The van der Waals surface area contributed by atoms with Gasteiger partial charge in [-0.05, 0) is 18.2 Å². The van der Waals surface area contributed by atoms with Crippen LogP contribution in [-0.2, 0) is 4.74 Å². The van der Waals surface area contributed by atoms with E-state index in [2.05, 4.69) is 0 Å². The SMILES string of the molecule is COc1c(O)cc2oc(-c3ccc(O)c(O)c3)c(O)c(=O)c2c1O[C@@H]1OC(CO)[C@@H](O)[C@H](O)C1O. The van der Waals surface area contributed by atoms with Crippen LogP contribution in [-0.4, -0.2) is 85.3 Å². The molecule has 1 aliphatic rings. The molecule has 4 rings (SSSR count). The van der Waals surface area contributed by atoms with E-state index in [9.17, 15) is 45.6 Å². The summed E-state index contributed by atoms with van der Waals surface area (Å²) < 4.78 is 21.6. The van der Waals surface area contributed by atoms with Crippen molar-refractivity contribution in [2.75, 3.05) is 13.7 Å². The van der Waals surface area contributed by atoms with E-state index in [1.165, 1.54) is 6.07 Å². The van der Waals surface area contributed by atoms with Crippen LogP contribution in [0, 0.1) is 0 Å². The Morgan fingerprint density at radius 3 is 2.26 bits per heavy atom. The summed E-state index contributed by atoms with van der Waals surface area (Å²) in [5.41, 5.74) is -1.36. The summed E-state index contributed by atoms with van der Waals surface area (Å²) in [6, 6.07) is 4.40. The monoisotopic (exact) mass is 494 g/mol. The lowest BCUT2D eigenvalue weighted by atomic mass is 9.99.